The van der Waals surface area contributed by atoms with Crippen LogP contribution in [0.4, 0.5) is 5.82 Å². The zero-order valence-electron chi connectivity index (χ0n) is 16.3. The fourth-order valence-corrected chi connectivity index (χ4v) is 5.18. The second kappa shape index (κ2) is 7.89. The van der Waals surface area contributed by atoms with Crippen LogP contribution in [0.5, 0.6) is 0 Å². The quantitative estimate of drug-likeness (QED) is 0.307. The molecule has 1 unspecified atom stereocenters. The Morgan fingerprint density at radius 1 is 0.833 bits per heavy atom. The van der Waals surface area contributed by atoms with E-state index in [1.54, 1.807) is 0 Å². The summed E-state index contributed by atoms with van der Waals surface area (Å²) in [6.45, 7) is 2.17. The molecule has 0 saturated heterocycles. The van der Waals surface area contributed by atoms with Gasteiger partial charge in [0.1, 0.15) is 17.3 Å². The van der Waals surface area contributed by atoms with E-state index in [4.69, 9.17) is 4.98 Å². The van der Waals surface area contributed by atoms with Gasteiger partial charge in [-0.15, -0.1) is 0 Å². The van der Waals surface area contributed by atoms with Crippen molar-refractivity contribution in [2.24, 2.45) is 0 Å². The fraction of sp³-hybridized carbons (Fsp3) is 0.0800. The first-order valence-electron chi connectivity index (χ1n) is 9.79. The van der Waals surface area contributed by atoms with Crippen molar-refractivity contribution in [3.05, 3.63) is 105 Å². The third-order valence-corrected chi connectivity index (χ3v) is 6.05. The number of hydrogen-bond acceptors (Lipinski definition) is 2. The van der Waals surface area contributed by atoms with Gasteiger partial charge in [-0.2, -0.15) is 0 Å². The highest BCUT2D eigenvalue weighted by Gasteiger charge is 2.27. The zero-order valence-corrected chi connectivity index (χ0v) is 19.5. The number of hydrogen-bond donors (Lipinski definition) is 1. The summed E-state index contributed by atoms with van der Waals surface area (Å²) in [5.74, 6) is 1.91. The molecule has 0 aliphatic carbocycles. The van der Waals surface area contributed by atoms with Gasteiger partial charge in [0.05, 0.1) is 0 Å². The van der Waals surface area contributed by atoms with E-state index >= 15 is 0 Å². The molecule has 5 rings (SSSR count). The predicted octanol–water partition coefficient (Wildman–Crippen LogP) is 7.31. The van der Waals surface area contributed by atoms with E-state index in [1.165, 1.54) is 5.56 Å². The SMILES string of the molecule is CC1C=C(c2ccccc2)c2nc(-c3cc(Br)cc(Br)c3)n(-c3ccccc3)c2N1. The van der Waals surface area contributed by atoms with Crippen molar-refractivity contribution < 1.29 is 0 Å². The highest BCUT2D eigenvalue weighted by Crippen LogP contribution is 2.40. The van der Waals surface area contributed by atoms with E-state index in [0.29, 0.717) is 0 Å². The number of benzene rings is 3. The maximum Gasteiger partial charge on any atom is 0.147 e. The normalized spacial score (nSPS) is 15.3. The first-order chi connectivity index (χ1) is 14.6. The van der Waals surface area contributed by atoms with Crippen LogP contribution in [0.3, 0.4) is 0 Å². The number of fused-ring (bicyclic) bond motifs is 1. The van der Waals surface area contributed by atoms with Gasteiger partial charge >= 0.3 is 0 Å². The van der Waals surface area contributed by atoms with Crippen molar-refractivity contribution in [3.63, 3.8) is 0 Å². The lowest BCUT2D eigenvalue weighted by Crippen LogP contribution is -2.20. The lowest BCUT2D eigenvalue weighted by atomic mass is 9.98. The van der Waals surface area contributed by atoms with Gasteiger partial charge in [0.25, 0.3) is 0 Å². The maximum absolute atomic E-state index is 5.16. The van der Waals surface area contributed by atoms with Crippen LogP contribution in [0, 0.1) is 0 Å². The fourth-order valence-electron chi connectivity index (χ4n) is 3.88. The number of aromatic nitrogens is 2. The first kappa shape index (κ1) is 19.3. The zero-order chi connectivity index (χ0) is 20.7. The van der Waals surface area contributed by atoms with Gasteiger partial charge < -0.3 is 5.32 Å². The van der Waals surface area contributed by atoms with Crippen molar-refractivity contribution in [3.8, 4) is 17.1 Å². The molecule has 5 heteroatoms. The summed E-state index contributed by atoms with van der Waals surface area (Å²) in [5, 5.41) is 3.65. The average Bonchev–Trinajstić information content (AvgIpc) is 3.13. The van der Waals surface area contributed by atoms with Gasteiger partial charge in [0.15, 0.2) is 0 Å². The Morgan fingerprint density at radius 3 is 2.13 bits per heavy atom. The van der Waals surface area contributed by atoms with Crippen molar-refractivity contribution in [1.29, 1.82) is 0 Å². The number of para-hydroxylation sites is 1. The molecule has 3 aromatic carbocycles. The van der Waals surface area contributed by atoms with Crippen LogP contribution in [0.1, 0.15) is 18.2 Å². The second-order valence-corrected chi connectivity index (χ2v) is 9.17. The number of halogens is 2. The molecule has 1 N–H and O–H groups in total. The first-order valence-corrected chi connectivity index (χ1v) is 11.4. The molecule has 0 amide bonds. The molecule has 30 heavy (non-hydrogen) atoms. The molecule has 3 nitrogen and oxygen atoms in total. The van der Waals surface area contributed by atoms with Crippen LogP contribution in [-0.2, 0) is 0 Å². The molecule has 0 fully saturated rings. The highest BCUT2D eigenvalue weighted by atomic mass is 79.9. The lowest BCUT2D eigenvalue weighted by Gasteiger charge is -2.23. The Hall–Kier alpha value is -2.63. The molecule has 0 bridgehead atoms. The molecular weight excluding hydrogens is 502 g/mol. The third-order valence-electron chi connectivity index (χ3n) is 5.13. The molecule has 0 radical (unpaired) electrons. The van der Waals surface area contributed by atoms with Gasteiger partial charge in [-0.25, -0.2) is 4.98 Å². The molecule has 1 atom stereocenters. The Labute approximate surface area is 192 Å². The Kier molecular flexibility index (Phi) is 5.09. The van der Waals surface area contributed by atoms with Crippen LogP contribution in [0.25, 0.3) is 22.6 Å². The largest absolute Gasteiger partial charge is 0.363 e. The van der Waals surface area contributed by atoms with Crippen molar-refractivity contribution in [2.45, 2.75) is 13.0 Å². The van der Waals surface area contributed by atoms with E-state index < -0.39 is 0 Å². The Bertz CT molecular complexity index is 1220. The molecule has 1 aromatic heterocycles. The van der Waals surface area contributed by atoms with E-state index in [9.17, 15) is 0 Å². The molecule has 2 heterocycles. The van der Waals surface area contributed by atoms with Gasteiger partial charge in [0.2, 0.25) is 0 Å². The van der Waals surface area contributed by atoms with Gasteiger partial charge in [0, 0.05) is 31.8 Å². The van der Waals surface area contributed by atoms with Crippen LogP contribution >= 0.6 is 31.9 Å². The molecule has 1 aliphatic rings. The minimum absolute atomic E-state index is 0.189. The van der Waals surface area contributed by atoms with Gasteiger partial charge in [-0.3, -0.25) is 4.57 Å². The van der Waals surface area contributed by atoms with E-state index in [-0.39, 0.29) is 6.04 Å². The van der Waals surface area contributed by atoms with E-state index in [2.05, 4.69) is 115 Å². The van der Waals surface area contributed by atoms with Crippen molar-refractivity contribution in [2.75, 3.05) is 5.32 Å². The lowest BCUT2D eigenvalue weighted by molar-refractivity contribution is 0.944. The summed E-state index contributed by atoms with van der Waals surface area (Å²) < 4.78 is 4.23. The van der Waals surface area contributed by atoms with E-state index in [1.807, 2.05) is 18.2 Å². The van der Waals surface area contributed by atoms with Crippen LogP contribution < -0.4 is 5.32 Å². The third kappa shape index (κ3) is 3.53. The van der Waals surface area contributed by atoms with Crippen LogP contribution in [0.2, 0.25) is 0 Å². The second-order valence-electron chi connectivity index (χ2n) is 7.34. The molecule has 1 aliphatic heterocycles. The minimum Gasteiger partial charge on any atom is -0.363 e. The standard InChI is InChI=1S/C25H19Br2N3/c1-16-12-22(17-8-4-2-5-9-17)23-25(28-16)30(21-10-6-3-7-11-21)24(29-23)18-13-19(26)15-20(27)14-18/h2-16,28H,1H3. The number of rotatable bonds is 3. The smallest absolute Gasteiger partial charge is 0.147 e. The Morgan fingerprint density at radius 2 is 1.47 bits per heavy atom. The number of nitrogens with one attached hydrogen (secondary N) is 1. The maximum atomic E-state index is 5.16. The summed E-state index contributed by atoms with van der Waals surface area (Å²) in [6.07, 6.45) is 2.25. The number of anilines is 1. The van der Waals surface area contributed by atoms with Crippen molar-refractivity contribution >= 4 is 43.3 Å². The van der Waals surface area contributed by atoms with Gasteiger partial charge in [-0.1, -0.05) is 86.5 Å². The topological polar surface area (TPSA) is 29.9 Å². The van der Waals surface area contributed by atoms with Crippen molar-refractivity contribution in [1.82, 2.24) is 9.55 Å². The highest BCUT2D eigenvalue weighted by molar-refractivity contribution is 9.11. The molecule has 148 valence electrons. The monoisotopic (exact) mass is 519 g/mol. The van der Waals surface area contributed by atoms with Crippen LogP contribution in [0.15, 0.2) is 93.9 Å². The van der Waals surface area contributed by atoms with Gasteiger partial charge in [-0.05, 0) is 42.8 Å². The number of imidazole rings is 1. The Balaban J connectivity index is 1.80. The predicted molar refractivity (Wildman–Crippen MR) is 131 cm³/mol. The molecular formula is C25H19Br2N3. The molecule has 4 aromatic rings. The molecule has 0 spiro atoms. The average molecular weight is 521 g/mol. The van der Waals surface area contributed by atoms with E-state index in [0.717, 1.165) is 43.1 Å². The summed E-state index contributed by atoms with van der Waals surface area (Å²) >= 11 is 7.25. The summed E-state index contributed by atoms with van der Waals surface area (Å²) in [6, 6.07) is 27.3. The van der Waals surface area contributed by atoms with Crippen LogP contribution in [-0.4, -0.2) is 15.6 Å². The summed E-state index contributed by atoms with van der Waals surface area (Å²) in [7, 11) is 0. The minimum atomic E-state index is 0.189. The number of nitrogens with zero attached hydrogens (tertiary/aromatic N) is 2. The summed E-state index contributed by atoms with van der Waals surface area (Å²) in [4.78, 5) is 5.16. The summed E-state index contributed by atoms with van der Waals surface area (Å²) in [5.41, 5.74) is 5.41. The molecule has 0 saturated carbocycles.